The van der Waals surface area contributed by atoms with Crippen molar-refractivity contribution in [2.45, 2.75) is 6.54 Å². The lowest BCUT2D eigenvalue weighted by atomic mass is 10.3. The van der Waals surface area contributed by atoms with E-state index >= 15 is 0 Å². The Hall–Kier alpha value is -2.02. The number of hydrogen-bond donors (Lipinski definition) is 0. The molecule has 1 aliphatic rings. The Balaban J connectivity index is 1.58. The topological polar surface area (TPSA) is 44.7 Å². The highest BCUT2D eigenvalue weighted by Crippen LogP contribution is 2.17. The zero-order valence-electron chi connectivity index (χ0n) is 15.1. The maximum atomic E-state index is 5.70. The van der Waals surface area contributed by atoms with Gasteiger partial charge in [0.05, 0.1) is 5.69 Å². The third kappa shape index (κ3) is 5.77. The molecule has 1 saturated heterocycles. The molecule has 6 heteroatoms. The van der Waals surface area contributed by atoms with E-state index in [0.717, 1.165) is 57.3 Å². The van der Waals surface area contributed by atoms with Crippen LogP contribution in [0, 0.1) is 0 Å². The van der Waals surface area contributed by atoms with Gasteiger partial charge in [-0.2, -0.15) is 5.10 Å². The van der Waals surface area contributed by atoms with Crippen LogP contribution in [0.3, 0.4) is 0 Å². The molecule has 2 aromatic rings. The second kappa shape index (κ2) is 8.89. The number of nitrogens with zero attached hydrogens (tertiary/aromatic N) is 5. The van der Waals surface area contributed by atoms with Crippen LogP contribution in [-0.4, -0.2) is 78.3 Å². The number of hydrogen-bond acceptors (Lipinski definition) is 6. The zero-order chi connectivity index (χ0) is 17.5. The molecule has 1 aromatic heterocycles. The van der Waals surface area contributed by atoms with Gasteiger partial charge < -0.3 is 14.5 Å². The average molecular weight is 341 g/mol. The minimum absolute atomic E-state index is 0.527. The standard InChI is InChI=1S/C19H27N5O/c1-22-10-11-23(2)13-15-24(14-12-22)16-17-8-9-19(21-20-17)25-18-6-4-3-5-7-18/h3-9H,10-16H2,1-2H3. The fraction of sp³-hybridized carbons (Fsp3) is 0.474. The van der Waals surface area contributed by atoms with Crippen molar-refractivity contribution in [3.05, 3.63) is 48.2 Å². The fourth-order valence-corrected chi connectivity index (χ4v) is 2.78. The van der Waals surface area contributed by atoms with E-state index in [1.807, 2.05) is 42.5 Å². The molecule has 0 aliphatic carbocycles. The van der Waals surface area contributed by atoms with E-state index in [9.17, 15) is 0 Å². The van der Waals surface area contributed by atoms with Gasteiger partial charge in [-0.25, -0.2) is 0 Å². The second-order valence-electron chi connectivity index (χ2n) is 6.66. The van der Waals surface area contributed by atoms with Crippen LogP contribution in [0.15, 0.2) is 42.5 Å². The first-order chi connectivity index (χ1) is 12.2. The molecule has 2 heterocycles. The number of benzene rings is 1. The third-order valence-corrected chi connectivity index (χ3v) is 4.51. The maximum Gasteiger partial charge on any atom is 0.238 e. The summed E-state index contributed by atoms with van der Waals surface area (Å²) in [6, 6.07) is 13.6. The highest BCUT2D eigenvalue weighted by molar-refractivity contribution is 5.26. The van der Waals surface area contributed by atoms with E-state index in [0.29, 0.717) is 5.88 Å². The predicted molar refractivity (Wildman–Crippen MR) is 98.8 cm³/mol. The van der Waals surface area contributed by atoms with Crippen molar-refractivity contribution < 1.29 is 4.74 Å². The largest absolute Gasteiger partial charge is 0.438 e. The lowest BCUT2D eigenvalue weighted by molar-refractivity contribution is 0.225. The van der Waals surface area contributed by atoms with Gasteiger partial charge in [0.15, 0.2) is 0 Å². The summed E-state index contributed by atoms with van der Waals surface area (Å²) in [5.74, 6) is 1.30. The van der Waals surface area contributed by atoms with Crippen molar-refractivity contribution in [2.75, 3.05) is 53.4 Å². The molecule has 6 nitrogen and oxygen atoms in total. The van der Waals surface area contributed by atoms with Gasteiger partial charge in [0.25, 0.3) is 0 Å². The van der Waals surface area contributed by atoms with Gasteiger partial charge in [0, 0.05) is 51.9 Å². The van der Waals surface area contributed by atoms with Gasteiger partial charge in [0.1, 0.15) is 5.75 Å². The molecule has 1 fully saturated rings. The van der Waals surface area contributed by atoms with Crippen LogP contribution in [0.2, 0.25) is 0 Å². The minimum Gasteiger partial charge on any atom is -0.438 e. The summed E-state index contributed by atoms with van der Waals surface area (Å²) in [6.45, 7) is 7.32. The van der Waals surface area contributed by atoms with Crippen molar-refractivity contribution in [2.24, 2.45) is 0 Å². The Labute approximate surface area is 150 Å². The molecule has 0 saturated carbocycles. The summed E-state index contributed by atoms with van der Waals surface area (Å²) < 4.78 is 5.70. The van der Waals surface area contributed by atoms with Crippen LogP contribution in [-0.2, 0) is 6.54 Å². The van der Waals surface area contributed by atoms with Crippen molar-refractivity contribution in [1.82, 2.24) is 24.9 Å². The monoisotopic (exact) mass is 341 g/mol. The van der Waals surface area contributed by atoms with E-state index < -0.39 is 0 Å². The summed E-state index contributed by atoms with van der Waals surface area (Å²) in [5, 5.41) is 8.55. The lowest BCUT2D eigenvalue weighted by Gasteiger charge is -2.23. The molecule has 1 aliphatic heterocycles. The van der Waals surface area contributed by atoms with Crippen LogP contribution in [0.4, 0.5) is 0 Å². The first-order valence-corrected chi connectivity index (χ1v) is 8.84. The number of rotatable bonds is 4. The number of aromatic nitrogens is 2. The molecule has 1 aromatic carbocycles. The van der Waals surface area contributed by atoms with Crippen LogP contribution >= 0.6 is 0 Å². The second-order valence-corrected chi connectivity index (χ2v) is 6.66. The zero-order valence-corrected chi connectivity index (χ0v) is 15.1. The summed E-state index contributed by atoms with van der Waals surface area (Å²) >= 11 is 0. The van der Waals surface area contributed by atoms with Crippen molar-refractivity contribution in [3.8, 4) is 11.6 Å². The first kappa shape index (κ1) is 17.8. The molecule has 134 valence electrons. The van der Waals surface area contributed by atoms with E-state index in [-0.39, 0.29) is 0 Å². The molecule has 0 bridgehead atoms. The van der Waals surface area contributed by atoms with Gasteiger partial charge >= 0.3 is 0 Å². The number of para-hydroxylation sites is 1. The summed E-state index contributed by atoms with van der Waals surface area (Å²) in [5.41, 5.74) is 0.977. The Morgan fingerprint density at radius 1 is 0.800 bits per heavy atom. The van der Waals surface area contributed by atoms with Crippen molar-refractivity contribution >= 4 is 0 Å². The molecular formula is C19H27N5O. The summed E-state index contributed by atoms with van der Waals surface area (Å²) in [4.78, 5) is 7.22. The smallest absolute Gasteiger partial charge is 0.238 e. The molecule has 0 amide bonds. The van der Waals surface area contributed by atoms with Crippen LogP contribution in [0.5, 0.6) is 11.6 Å². The average Bonchev–Trinajstić information content (AvgIpc) is 2.71. The highest BCUT2D eigenvalue weighted by atomic mass is 16.5. The molecule has 0 atom stereocenters. The molecule has 0 spiro atoms. The van der Waals surface area contributed by atoms with E-state index in [1.54, 1.807) is 0 Å². The van der Waals surface area contributed by atoms with E-state index in [4.69, 9.17) is 4.74 Å². The van der Waals surface area contributed by atoms with Gasteiger partial charge in [-0.05, 0) is 32.3 Å². The van der Waals surface area contributed by atoms with Crippen molar-refractivity contribution in [3.63, 3.8) is 0 Å². The predicted octanol–water partition coefficient (Wildman–Crippen LogP) is 1.95. The Kier molecular flexibility index (Phi) is 6.33. The van der Waals surface area contributed by atoms with E-state index in [1.165, 1.54) is 0 Å². The number of likely N-dealkylation sites (N-methyl/N-ethyl adjacent to an activating group) is 2. The Morgan fingerprint density at radius 3 is 2.04 bits per heavy atom. The maximum absolute atomic E-state index is 5.70. The summed E-state index contributed by atoms with van der Waals surface area (Å²) in [7, 11) is 4.37. The normalized spacial score (nSPS) is 18.3. The minimum atomic E-state index is 0.527. The van der Waals surface area contributed by atoms with Gasteiger partial charge in [-0.3, -0.25) is 4.90 Å². The van der Waals surface area contributed by atoms with Crippen LogP contribution in [0.25, 0.3) is 0 Å². The molecular weight excluding hydrogens is 314 g/mol. The van der Waals surface area contributed by atoms with Gasteiger partial charge in [0.2, 0.25) is 5.88 Å². The fourth-order valence-electron chi connectivity index (χ4n) is 2.78. The summed E-state index contributed by atoms with van der Waals surface area (Å²) in [6.07, 6.45) is 0. The van der Waals surface area contributed by atoms with Gasteiger partial charge in [-0.1, -0.05) is 18.2 Å². The Morgan fingerprint density at radius 2 is 1.44 bits per heavy atom. The molecule has 3 rings (SSSR count). The lowest BCUT2D eigenvalue weighted by Crippen LogP contribution is -2.34. The Bertz CT molecular complexity index is 620. The third-order valence-electron chi connectivity index (χ3n) is 4.51. The van der Waals surface area contributed by atoms with E-state index in [2.05, 4.69) is 39.0 Å². The first-order valence-electron chi connectivity index (χ1n) is 8.84. The van der Waals surface area contributed by atoms with Gasteiger partial charge in [-0.15, -0.1) is 5.10 Å². The SMILES string of the molecule is CN1CCN(C)CCN(Cc2ccc(Oc3ccccc3)nn2)CC1. The van der Waals surface area contributed by atoms with Crippen LogP contribution in [0.1, 0.15) is 5.69 Å². The molecule has 0 radical (unpaired) electrons. The van der Waals surface area contributed by atoms with Crippen LogP contribution < -0.4 is 4.74 Å². The van der Waals surface area contributed by atoms with Crippen molar-refractivity contribution in [1.29, 1.82) is 0 Å². The highest BCUT2D eigenvalue weighted by Gasteiger charge is 2.13. The molecule has 25 heavy (non-hydrogen) atoms. The number of ether oxygens (including phenoxy) is 1. The quantitative estimate of drug-likeness (QED) is 0.847. The molecule has 0 N–H and O–H groups in total. The molecule has 0 unspecified atom stereocenters.